The van der Waals surface area contributed by atoms with Crippen LogP contribution < -0.4 is 10.0 Å². The molecule has 0 aliphatic rings. The van der Waals surface area contributed by atoms with E-state index < -0.39 is 10.0 Å². The first-order chi connectivity index (χ1) is 12.4. The third-order valence-electron chi connectivity index (χ3n) is 4.10. The number of nitrogens with one attached hydrogen (secondary N) is 2. The molecule has 0 bridgehead atoms. The summed E-state index contributed by atoms with van der Waals surface area (Å²) < 4.78 is 27.9. The quantitative estimate of drug-likeness (QED) is 0.658. The Kier molecular flexibility index (Phi) is 7.36. The highest BCUT2D eigenvalue weighted by Gasteiger charge is 2.19. The van der Waals surface area contributed by atoms with E-state index in [0.717, 1.165) is 24.8 Å². The van der Waals surface area contributed by atoms with Gasteiger partial charge in [0, 0.05) is 18.2 Å². The Bertz CT molecular complexity index is 820. The summed E-state index contributed by atoms with van der Waals surface area (Å²) in [6.07, 6.45) is 3.04. The largest absolute Gasteiger partial charge is 0.352 e. The second-order valence-electron chi connectivity index (χ2n) is 6.24. The zero-order valence-corrected chi connectivity index (χ0v) is 16.1. The summed E-state index contributed by atoms with van der Waals surface area (Å²) in [6, 6.07) is 15.1. The Morgan fingerprint density at radius 2 is 1.77 bits per heavy atom. The summed E-state index contributed by atoms with van der Waals surface area (Å²) >= 11 is 0. The van der Waals surface area contributed by atoms with Gasteiger partial charge >= 0.3 is 0 Å². The summed E-state index contributed by atoms with van der Waals surface area (Å²) in [7, 11) is -3.72. The number of carbonyl (C=O) groups is 1. The second kappa shape index (κ2) is 9.50. The van der Waals surface area contributed by atoms with Gasteiger partial charge in [-0.3, -0.25) is 4.79 Å². The molecular weight excluding hydrogens is 348 g/mol. The van der Waals surface area contributed by atoms with E-state index >= 15 is 0 Å². The molecule has 1 unspecified atom stereocenters. The summed E-state index contributed by atoms with van der Waals surface area (Å²) in [5.41, 5.74) is 1.22. The Balaban J connectivity index is 2.08. The van der Waals surface area contributed by atoms with Crippen molar-refractivity contribution in [2.75, 3.05) is 6.54 Å². The normalized spacial score (nSPS) is 12.5. The van der Waals surface area contributed by atoms with Gasteiger partial charge in [0.15, 0.2) is 0 Å². The third-order valence-corrected chi connectivity index (χ3v) is 5.64. The van der Waals surface area contributed by atoms with Gasteiger partial charge in [-0.2, -0.15) is 0 Å². The van der Waals surface area contributed by atoms with Crippen LogP contribution in [0, 0.1) is 0 Å². The van der Waals surface area contributed by atoms with Crippen molar-refractivity contribution in [2.45, 2.75) is 44.0 Å². The molecule has 2 aromatic carbocycles. The molecule has 140 valence electrons. The average molecular weight is 375 g/mol. The summed E-state index contributed by atoms with van der Waals surface area (Å²) in [5.74, 6) is -0.255. The Hall–Kier alpha value is -2.18. The SMILES string of the molecule is CCCCCNC(=O)c1cccc(S(=O)(=O)NC(C)c2ccccc2)c1. The number of carbonyl (C=O) groups excluding carboxylic acids is 1. The van der Waals surface area contributed by atoms with Gasteiger partial charge in [-0.1, -0.05) is 56.2 Å². The fourth-order valence-corrected chi connectivity index (χ4v) is 3.87. The minimum atomic E-state index is -3.72. The van der Waals surface area contributed by atoms with Crippen LogP contribution in [0.4, 0.5) is 0 Å². The fourth-order valence-electron chi connectivity index (χ4n) is 2.59. The molecule has 0 saturated carbocycles. The van der Waals surface area contributed by atoms with Crippen LogP contribution in [0.2, 0.25) is 0 Å². The molecule has 0 spiro atoms. The zero-order chi connectivity index (χ0) is 19.0. The molecule has 0 aliphatic heterocycles. The molecular formula is C20H26N2O3S. The maximum atomic E-state index is 12.6. The summed E-state index contributed by atoms with van der Waals surface area (Å²) in [4.78, 5) is 12.3. The Morgan fingerprint density at radius 3 is 2.46 bits per heavy atom. The monoisotopic (exact) mass is 374 g/mol. The van der Waals surface area contributed by atoms with Crippen LogP contribution in [0.25, 0.3) is 0 Å². The zero-order valence-electron chi connectivity index (χ0n) is 15.2. The smallest absolute Gasteiger partial charge is 0.251 e. The topological polar surface area (TPSA) is 75.3 Å². The van der Waals surface area contributed by atoms with Gasteiger partial charge in [0.25, 0.3) is 5.91 Å². The summed E-state index contributed by atoms with van der Waals surface area (Å²) in [6.45, 7) is 4.48. The lowest BCUT2D eigenvalue weighted by Crippen LogP contribution is -2.28. The van der Waals surface area contributed by atoms with E-state index in [-0.39, 0.29) is 16.8 Å². The molecule has 26 heavy (non-hydrogen) atoms. The van der Waals surface area contributed by atoms with Crippen LogP contribution in [0.3, 0.4) is 0 Å². The maximum Gasteiger partial charge on any atom is 0.251 e. The minimum Gasteiger partial charge on any atom is -0.352 e. The number of sulfonamides is 1. The number of hydrogen-bond donors (Lipinski definition) is 2. The predicted octanol–water partition coefficient (Wildman–Crippen LogP) is 3.65. The van der Waals surface area contributed by atoms with Gasteiger partial charge in [-0.05, 0) is 37.1 Å². The molecule has 1 atom stereocenters. The molecule has 1 amide bonds. The molecule has 0 aliphatic carbocycles. The predicted molar refractivity (Wildman–Crippen MR) is 103 cm³/mol. The molecule has 6 heteroatoms. The highest BCUT2D eigenvalue weighted by atomic mass is 32.2. The van der Waals surface area contributed by atoms with Gasteiger partial charge in [-0.15, -0.1) is 0 Å². The van der Waals surface area contributed by atoms with Crippen molar-refractivity contribution in [1.29, 1.82) is 0 Å². The molecule has 2 rings (SSSR count). The lowest BCUT2D eigenvalue weighted by atomic mass is 10.1. The van der Waals surface area contributed by atoms with E-state index in [4.69, 9.17) is 0 Å². The van der Waals surface area contributed by atoms with E-state index in [0.29, 0.717) is 12.1 Å². The Morgan fingerprint density at radius 1 is 1.04 bits per heavy atom. The average Bonchev–Trinajstić information content (AvgIpc) is 2.65. The number of unbranched alkanes of at least 4 members (excludes halogenated alkanes) is 2. The van der Waals surface area contributed by atoms with Crippen molar-refractivity contribution < 1.29 is 13.2 Å². The first-order valence-corrected chi connectivity index (χ1v) is 10.4. The van der Waals surface area contributed by atoms with Crippen molar-refractivity contribution >= 4 is 15.9 Å². The molecule has 0 radical (unpaired) electrons. The third kappa shape index (κ3) is 5.68. The second-order valence-corrected chi connectivity index (χ2v) is 7.96. The first-order valence-electron chi connectivity index (χ1n) is 8.89. The van der Waals surface area contributed by atoms with Gasteiger partial charge in [-0.25, -0.2) is 13.1 Å². The van der Waals surface area contributed by atoms with Crippen LogP contribution in [0.1, 0.15) is 55.1 Å². The molecule has 5 nitrogen and oxygen atoms in total. The van der Waals surface area contributed by atoms with Crippen molar-refractivity contribution in [3.05, 3.63) is 65.7 Å². The molecule has 0 aromatic heterocycles. The Labute approximate surface area is 155 Å². The number of hydrogen-bond acceptors (Lipinski definition) is 3. The van der Waals surface area contributed by atoms with Crippen molar-refractivity contribution in [2.24, 2.45) is 0 Å². The van der Waals surface area contributed by atoms with Gasteiger partial charge in [0.05, 0.1) is 4.90 Å². The van der Waals surface area contributed by atoms with Crippen LogP contribution in [-0.4, -0.2) is 20.9 Å². The molecule has 0 saturated heterocycles. The number of amides is 1. The lowest BCUT2D eigenvalue weighted by molar-refractivity contribution is 0.0952. The summed E-state index contributed by atoms with van der Waals surface area (Å²) in [5, 5.41) is 2.82. The van der Waals surface area contributed by atoms with Crippen LogP contribution in [0.5, 0.6) is 0 Å². The van der Waals surface area contributed by atoms with Crippen molar-refractivity contribution in [1.82, 2.24) is 10.0 Å². The van der Waals surface area contributed by atoms with Gasteiger partial charge < -0.3 is 5.32 Å². The van der Waals surface area contributed by atoms with Crippen molar-refractivity contribution in [3.8, 4) is 0 Å². The van der Waals surface area contributed by atoms with Gasteiger partial charge in [0.2, 0.25) is 10.0 Å². The van der Waals surface area contributed by atoms with Crippen LogP contribution in [-0.2, 0) is 10.0 Å². The standard InChI is InChI=1S/C20H26N2O3S/c1-3-4-8-14-21-20(23)18-12-9-13-19(15-18)26(24,25)22-16(2)17-10-6-5-7-11-17/h5-7,9-13,15-16,22H,3-4,8,14H2,1-2H3,(H,21,23). The minimum absolute atomic E-state index is 0.0847. The fraction of sp³-hybridized carbons (Fsp3) is 0.350. The van der Waals surface area contributed by atoms with E-state index in [2.05, 4.69) is 17.0 Å². The molecule has 2 aromatic rings. The first kappa shape index (κ1) is 20.1. The molecule has 2 N–H and O–H groups in total. The van der Waals surface area contributed by atoms with Gasteiger partial charge in [0.1, 0.15) is 0 Å². The van der Waals surface area contributed by atoms with E-state index in [1.54, 1.807) is 19.1 Å². The molecule has 0 fully saturated rings. The van der Waals surface area contributed by atoms with Crippen molar-refractivity contribution in [3.63, 3.8) is 0 Å². The highest BCUT2D eigenvalue weighted by molar-refractivity contribution is 7.89. The van der Waals surface area contributed by atoms with Crippen LogP contribution in [0.15, 0.2) is 59.5 Å². The van der Waals surface area contributed by atoms with E-state index in [1.165, 1.54) is 12.1 Å². The number of benzene rings is 2. The van der Waals surface area contributed by atoms with E-state index in [9.17, 15) is 13.2 Å². The van der Waals surface area contributed by atoms with Crippen LogP contribution >= 0.6 is 0 Å². The molecule has 0 heterocycles. The highest BCUT2D eigenvalue weighted by Crippen LogP contribution is 2.17. The maximum absolute atomic E-state index is 12.6. The number of rotatable bonds is 9. The van der Waals surface area contributed by atoms with E-state index in [1.807, 2.05) is 30.3 Å². The lowest BCUT2D eigenvalue weighted by Gasteiger charge is -2.15.